The molecule has 20 heavy (non-hydrogen) atoms. The van der Waals surface area contributed by atoms with Gasteiger partial charge in [0, 0.05) is 31.4 Å². The van der Waals surface area contributed by atoms with E-state index in [1.54, 1.807) is 0 Å². The van der Waals surface area contributed by atoms with Gasteiger partial charge in [-0.25, -0.2) is 0 Å². The maximum Gasteiger partial charge on any atom is 0.0366 e. The van der Waals surface area contributed by atoms with Gasteiger partial charge >= 0.3 is 0 Å². The van der Waals surface area contributed by atoms with E-state index in [-0.39, 0.29) is 0 Å². The highest BCUT2D eigenvalue weighted by molar-refractivity contribution is 5.47. The second kappa shape index (κ2) is 6.62. The van der Waals surface area contributed by atoms with Crippen LogP contribution in [0, 0.1) is 5.41 Å². The maximum absolute atomic E-state index is 3.62. The quantitative estimate of drug-likeness (QED) is 0.885. The lowest BCUT2D eigenvalue weighted by Gasteiger charge is -2.29. The van der Waals surface area contributed by atoms with Crippen molar-refractivity contribution in [1.29, 1.82) is 0 Å². The van der Waals surface area contributed by atoms with Gasteiger partial charge in [0.25, 0.3) is 0 Å². The van der Waals surface area contributed by atoms with Crippen LogP contribution in [0.3, 0.4) is 0 Å². The number of piperidine rings is 1. The lowest BCUT2D eigenvalue weighted by molar-refractivity contribution is 0.285. The van der Waals surface area contributed by atoms with Crippen molar-refractivity contribution in [2.75, 3.05) is 18.0 Å². The highest BCUT2D eigenvalue weighted by Gasteiger charge is 2.19. The summed E-state index contributed by atoms with van der Waals surface area (Å²) in [6.45, 7) is 12.5. The molecular weight excluding hydrogens is 244 g/mol. The van der Waals surface area contributed by atoms with Crippen LogP contribution < -0.4 is 10.2 Å². The van der Waals surface area contributed by atoms with Gasteiger partial charge in [-0.3, -0.25) is 0 Å². The summed E-state index contributed by atoms with van der Waals surface area (Å²) in [7, 11) is 0. The first-order chi connectivity index (χ1) is 9.47. The van der Waals surface area contributed by atoms with Crippen molar-refractivity contribution in [2.45, 2.75) is 59.5 Å². The Balaban J connectivity index is 1.88. The summed E-state index contributed by atoms with van der Waals surface area (Å²) < 4.78 is 0. The maximum atomic E-state index is 3.62. The molecule has 1 aromatic rings. The summed E-state index contributed by atoms with van der Waals surface area (Å²) in [6.07, 6.45) is 4.07. The number of hydrogen-bond donors (Lipinski definition) is 1. The second-order valence-electron chi connectivity index (χ2n) is 7.18. The average molecular weight is 274 g/mol. The summed E-state index contributed by atoms with van der Waals surface area (Å²) in [5.74, 6) is 0. The van der Waals surface area contributed by atoms with Crippen LogP contribution in [0.25, 0.3) is 0 Å². The van der Waals surface area contributed by atoms with Crippen molar-refractivity contribution >= 4 is 5.69 Å². The lowest BCUT2D eigenvalue weighted by Crippen LogP contribution is -2.37. The largest absolute Gasteiger partial charge is 0.372 e. The fraction of sp³-hybridized carbons (Fsp3) is 0.667. The van der Waals surface area contributed by atoms with Gasteiger partial charge in [0.2, 0.25) is 0 Å². The van der Waals surface area contributed by atoms with Crippen molar-refractivity contribution in [3.63, 3.8) is 0 Å². The first-order valence-electron chi connectivity index (χ1n) is 8.04. The molecule has 1 heterocycles. The van der Waals surface area contributed by atoms with E-state index in [2.05, 4.69) is 62.2 Å². The molecule has 0 spiro atoms. The molecule has 1 unspecified atom stereocenters. The summed E-state index contributed by atoms with van der Waals surface area (Å²) in [5, 5.41) is 3.62. The Kier molecular flexibility index (Phi) is 5.09. The Bertz CT molecular complexity index is 396. The van der Waals surface area contributed by atoms with Crippen LogP contribution in [0.15, 0.2) is 24.3 Å². The average Bonchev–Trinajstić information content (AvgIpc) is 2.45. The Morgan fingerprint density at radius 2 is 1.65 bits per heavy atom. The molecule has 0 bridgehead atoms. The zero-order valence-electron chi connectivity index (χ0n) is 13.6. The zero-order chi connectivity index (χ0) is 14.6. The Morgan fingerprint density at radius 3 is 2.20 bits per heavy atom. The highest BCUT2D eigenvalue weighted by Crippen LogP contribution is 2.21. The van der Waals surface area contributed by atoms with E-state index in [0.29, 0.717) is 11.5 Å². The van der Waals surface area contributed by atoms with E-state index < -0.39 is 0 Å². The van der Waals surface area contributed by atoms with Crippen LogP contribution in [-0.4, -0.2) is 19.1 Å². The smallest absolute Gasteiger partial charge is 0.0366 e. The van der Waals surface area contributed by atoms with Gasteiger partial charge in [-0.1, -0.05) is 32.9 Å². The third kappa shape index (κ3) is 4.24. The molecule has 2 nitrogen and oxygen atoms in total. The minimum atomic E-state index is 0.313. The number of nitrogens with one attached hydrogen (secondary N) is 1. The number of nitrogens with zero attached hydrogens (tertiary/aromatic N) is 1. The molecule has 1 fully saturated rings. The molecule has 0 aromatic heterocycles. The molecule has 1 aliphatic rings. The van der Waals surface area contributed by atoms with Crippen LogP contribution in [0.2, 0.25) is 0 Å². The molecule has 1 saturated heterocycles. The SMILES string of the molecule is CC(NCc1ccc(N2CCCCC2)cc1)C(C)(C)C. The second-order valence-corrected chi connectivity index (χ2v) is 7.18. The Labute approximate surface area is 124 Å². The molecular formula is C18H30N2. The van der Waals surface area contributed by atoms with Crippen molar-refractivity contribution in [3.8, 4) is 0 Å². The standard InChI is InChI=1S/C18H30N2/c1-15(18(2,3)4)19-14-16-8-10-17(11-9-16)20-12-6-5-7-13-20/h8-11,15,19H,5-7,12-14H2,1-4H3. The topological polar surface area (TPSA) is 15.3 Å². The third-order valence-electron chi connectivity index (χ3n) is 4.57. The fourth-order valence-corrected chi connectivity index (χ4v) is 2.55. The molecule has 1 aromatic carbocycles. The van der Waals surface area contributed by atoms with E-state index in [0.717, 1.165) is 6.54 Å². The first kappa shape index (κ1) is 15.4. The van der Waals surface area contributed by atoms with Gasteiger partial charge < -0.3 is 10.2 Å². The third-order valence-corrected chi connectivity index (χ3v) is 4.57. The van der Waals surface area contributed by atoms with E-state index >= 15 is 0 Å². The van der Waals surface area contributed by atoms with Gasteiger partial charge in [-0.2, -0.15) is 0 Å². The number of anilines is 1. The molecule has 1 aliphatic heterocycles. The first-order valence-corrected chi connectivity index (χ1v) is 8.04. The molecule has 1 N–H and O–H groups in total. The van der Waals surface area contributed by atoms with Gasteiger partial charge in [-0.15, -0.1) is 0 Å². The van der Waals surface area contributed by atoms with E-state index in [4.69, 9.17) is 0 Å². The normalized spacial score (nSPS) is 18.1. The van der Waals surface area contributed by atoms with E-state index in [1.165, 1.54) is 43.6 Å². The Hall–Kier alpha value is -1.02. The summed E-state index contributed by atoms with van der Waals surface area (Å²) in [5.41, 5.74) is 3.08. The van der Waals surface area contributed by atoms with Crippen LogP contribution in [-0.2, 0) is 6.54 Å². The minimum absolute atomic E-state index is 0.313. The van der Waals surface area contributed by atoms with Crippen molar-refractivity contribution in [3.05, 3.63) is 29.8 Å². The fourth-order valence-electron chi connectivity index (χ4n) is 2.55. The molecule has 0 radical (unpaired) electrons. The minimum Gasteiger partial charge on any atom is -0.372 e. The summed E-state index contributed by atoms with van der Waals surface area (Å²) >= 11 is 0. The van der Waals surface area contributed by atoms with E-state index in [1.807, 2.05) is 0 Å². The Morgan fingerprint density at radius 1 is 1.05 bits per heavy atom. The highest BCUT2D eigenvalue weighted by atomic mass is 15.1. The molecule has 0 amide bonds. The number of hydrogen-bond acceptors (Lipinski definition) is 2. The number of rotatable bonds is 4. The molecule has 0 aliphatic carbocycles. The van der Waals surface area contributed by atoms with Crippen LogP contribution in [0.4, 0.5) is 5.69 Å². The number of benzene rings is 1. The predicted octanol–water partition coefficient (Wildman–Crippen LogP) is 4.20. The molecule has 2 heteroatoms. The predicted molar refractivity (Wildman–Crippen MR) is 88.3 cm³/mol. The molecule has 112 valence electrons. The van der Waals surface area contributed by atoms with Gasteiger partial charge in [0.1, 0.15) is 0 Å². The molecule has 1 atom stereocenters. The van der Waals surface area contributed by atoms with Crippen LogP contribution in [0.1, 0.15) is 52.5 Å². The van der Waals surface area contributed by atoms with Gasteiger partial charge in [0.15, 0.2) is 0 Å². The van der Waals surface area contributed by atoms with Crippen LogP contribution >= 0.6 is 0 Å². The van der Waals surface area contributed by atoms with Gasteiger partial charge in [-0.05, 0) is 49.3 Å². The van der Waals surface area contributed by atoms with E-state index in [9.17, 15) is 0 Å². The lowest BCUT2D eigenvalue weighted by atomic mass is 9.88. The van der Waals surface area contributed by atoms with Gasteiger partial charge in [0.05, 0.1) is 0 Å². The van der Waals surface area contributed by atoms with Crippen molar-refractivity contribution < 1.29 is 0 Å². The summed E-state index contributed by atoms with van der Waals surface area (Å²) in [6, 6.07) is 9.62. The van der Waals surface area contributed by atoms with Crippen molar-refractivity contribution in [2.24, 2.45) is 5.41 Å². The van der Waals surface area contributed by atoms with Crippen molar-refractivity contribution in [1.82, 2.24) is 5.32 Å². The summed E-state index contributed by atoms with van der Waals surface area (Å²) in [4.78, 5) is 2.51. The zero-order valence-corrected chi connectivity index (χ0v) is 13.6. The molecule has 2 rings (SSSR count). The van der Waals surface area contributed by atoms with Crippen LogP contribution in [0.5, 0.6) is 0 Å². The monoisotopic (exact) mass is 274 g/mol. The molecule has 0 saturated carbocycles.